The molecule has 1 aliphatic rings. The molecule has 66 heavy (non-hydrogen) atoms. The molecule has 0 spiro atoms. The van der Waals surface area contributed by atoms with Gasteiger partial charge in [-0.25, -0.2) is 4.57 Å². The minimum atomic E-state index is -5.15. The molecular weight excluding hydrogens is 868 g/mol. The van der Waals surface area contributed by atoms with E-state index in [4.69, 9.17) is 18.5 Å². The number of ether oxygens (including phenoxy) is 2. The van der Waals surface area contributed by atoms with Gasteiger partial charge in [-0.3, -0.25) is 18.6 Å². The third-order valence-electron chi connectivity index (χ3n) is 11.1. The Morgan fingerprint density at radius 3 is 1.61 bits per heavy atom. The molecule has 0 amide bonds. The zero-order chi connectivity index (χ0) is 48.7. The summed E-state index contributed by atoms with van der Waals surface area (Å²) < 4.78 is 33.5. The SMILES string of the molecule is CCCCC/C=C\C/C=C\CCCCCCCCCCCC(=O)O[C@H](COC(=O)CCC/C=C\C/C=C\C/C=C\C=C\[C@H](O)CCCCC)COP(=O)(O)OC1[C@H](O)[C@H](O)C(O)[C@H](O)[C@H]1O. The summed E-state index contributed by atoms with van der Waals surface area (Å²) in [6.07, 6.45) is 34.1. The maximum atomic E-state index is 12.8. The second-order valence-electron chi connectivity index (χ2n) is 17.2. The van der Waals surface area contributed by atoms with Gasteiger partial charge in [0.1, 0.15) is 43.2 Å². The molecule has 15 heteroatoms. The van der Waals surface area contributed by atoms with Crippen molar-refractivity contribution in [1.29, 1.82) is 0 Å². The summed E-state index contributed by atoms with van der Waals surface area (Å²) >= 11 is 0. The first-order valence-electron chi connectivity index (χ1n) is 24.8. The first-order valence-corrected chi connectivity index (χ1v) is 26.3. The predicted molar refractivity (Wildman–Crippen MR) is 259 cm³/mol. The molecule has 1 aliphatic carbocycles. The molecule has 0 heterocycles. The standard InChI is InChI=1S/C51H87O14P/c1-3-5-7-8-9-10-11-12-13-14-15-16-17-18-21-25-28-31-35-39-45(54)64-43(41-63-66(60,61)65-51-49(58)47(56)46(55)48(57)50(51)59)40-62-44(53)38-34-30-27-24-22-19-20-23-26-29-33-37-42(52)36-32-6-4-2/h9-10,12-13,19-20,24,26-27,29,33,37,42-43,46-52,55-59H,3-8,11,14-18,21-23,25,28,30-32,34-36,38-41H2,1-2H3,(H,60,61)/b10-9-,13-12-,20-19-,27-24-,29-26-,37-33+/t42-,43-,46?,47-,48+,49-,50-,51?/m1/s1. The van der Waals surface area contributed by atoms with E-state index in [1.807, 2.05) is 42.5 Å². The lowest BCUT2D eigenvalue weighted by Crippen LogP contribution is -2.64. The summed E-state index contributed by atoms with van der Waals surface area (Å²) in [5, 5.41) is 60.1. The van der Waals surface area contributed by atoms with E-state index < -0.39 is 81.8 Å². The van der Waals surface area contributed by atoms with Crippen LogP contribution in [0.3, 0.4) is 0 Å². The van der Waals surface area contributed by atoms with Crippen LogP contribution in [0.2, 0.25) is 0 Å². The molecule has 0 aromatic heterocycles. The summed E-state index contributed by atoms with van der Waals surface area (Å²) in [4.78, 5) is 35.8. The van der Waals surface area contributed by atoms with Crippen molar-refractivity contribution in [3.8, 4) is 0 Å². The molecule has 0 radical (unpaired) electrons. The first kappa shape index (κ1) is 61.3. The smallest absolute Gasteiger partial charge is 0.462 e. The largest absolute Gasteiger partial charge is 0.472 e. The minimum absolute atomic E-state index is 0.0671. The monoisotopic (exact) mass is 955 g/mol. The van der Waals surface area contributed by atoms with Gasteiger partial charge < -0.3 is 45.0 Å². The van der Waals surface area contributed by atoms with Gasteiger partial charge in [-0.1, -0.05) is 164 Å². The predicted octanol–water partition coefficient (Wildman–Crippen LogP) is 9.25. The van der Waals surface area contributed by atoms with Crippen molar-refractivity contribution in [2.45, 2.75) is 223 Å². The molecule has 1 saturated carbocycles. The molecule has 9 atom stereocenters. The molecule has 0 aromatic carbocycles. The van der Waals surface area contributed by atoms with Crippen molar-refractivity contribution in [1.82, 2.24) is 0 Å². The summed E-state index contributed by atoms with van der Waals surface area (Å²) in [7, 11) is -5.15. The Labute approximate surface area is 396 Å². The topological polar surface area (TPSA) is 230 Å². The second kappa shape index (κ2) is 40.2. The van der Waals surface area contributed by atoms with Crippen LogP contribution in [-0.4, -0.2) is 110 Å². The number of hydrogen-bond acceptors (Lipinski definition) is 13. The van der Waals surface area contributed by atoms with E-state index in [0.29, 0.717) is 19.3 Å². The van der Waals surface area contributed by atoms with Gasteiger partial charge >= 0.3 is 19.8 Å². The summed E-state index contributed by atoms with van der Waals surface area (Å²) in [5.41, 5.74) is 0. The highest BCUT2D eigenvalue weighted by Gasteiger charge is 2.51. The average molecular weight is 955 g/mol. The fraction of sp³-hybridized carbons (Fsp3) is 0.725. The Morgan fingerprint density at radius 1 is 0.545 bits per heavy atom. The van der Waals surface area contributed by atoms with E-state index in [-0.39, 0.29) is 12.8 Å². The van der Waals surface area contributed by atoms with Crippen LogP contribution >= 0.6 is 7.82 Å². The van der Waals surface area contributed by atoms with Crippen LogP contribution in [0.5, 0.6) is 0 Å². The van der Waals surface area contributed by atoms with Crippen molar-refractivity contribution in [3.63, 3.8) is 0 Å². The van der Waals surface area contributed by atoms with Crippen LogP contribution in [0.25, 0.3) is 0 Å². The quantitative estimate of drug-likeness (QED) is 0.00999. The van der Waals surface area contributed by atoms with Gasteiger partial charge in [0, 0.05) is 12.8 Å². The molecule has 0 bridgehead atoms. The fourth-order valence-electron chi connectivity index (χ4n) is 7.07. The Bertz CT molecular complexity index is 1450. The van der Waals surface area contributed by atoms with Gasteiger partial charge in [-0.05, 0) is 70.6 Å². The number of carbonyl (C=O) groups excluding carboxylic acids is 2. The lowest BCUT2D eigenvalue weighted by Gasteiger charge is -2.41. The highest BCUT2D eigenvalue weighted by Crippen LogP contribution is 2.47. The maximum absolute atomic E-state index is 12.8. The number of carbonyl (C=O) groups is 2. The number of unbranched alkanes of at least 4 members (excludes halogenated alkanes) is 15. The number of rotatable bonds is 40. The number of hydrogen-bond donors (Lipinski definition) is 7. The Morgan fingerprint density at radius 2 is 1.02 bits per heavy atom. The molecule has 7 N–H and O–H groups in total. The number of aliphatic hydroxyl groups excluding tert-OH is 6. The van der Waals surface area contributed by atoms with Crippen LogP contribution in [0.1, 0.15) is 174 Å². The zero-order valence-corrected chi connectivity index (χ0v) is 41.0. The second-order valence-corrected chi connectivity index (χ2v) is 18.6. The van der Waals surface area contributed by atoms with E-state index in [1.165, 1.54) is 51.4 Å². The Hall–Kier alpha value is -2.75. The molecule has 1 rings (SSSR count). The van der Waals surface area contributed by atoms with E-state index in [2.05, 4.69) is 38.2 Å². The molecule has 14 nitrogen and oxygen atoms in total. The summed E-state index contributed by atoms with van der Waals surface area (Å²) in [6.45, 7) is 3.10. The van der Waals surface area contributed by atoms with Crippen LogP contribution in [0.4, 0.5) is 0 Å². The van der Waals surface area contributed by atoms with E-state index in [9.17, 15) is 49.7 Å². The van der Waals surface area contributed by atoms with Gasteiger partial charge in [0.05, 0.1) is 12.7 Å². The van der Waals surface area contributed by atoms with E-state index in [0.717, 1.165) is 77.0 Å². The fourth-order valence-corrected chi connectivity index (χ4v) is 8.04. The lowest BCUT2D eigenvalue weighted by molar-refractivity contribution is -0.220. The van der Waals surface area contributed by atoms with Crippen molar-refractivity contribution >= 4 is 19.8 Å². The molecular formula is C51H87O14P. The van der Waals surface area contributed by atoms with Crippen molar-refractivity contribution in [3.05, 3.63) is 72.9 Å². The lowest BCUT2D eigenvalue weighted by atomic mass is 9.85. The average Bonchev–Trinajstić information content (AvgIpc) is 3.29. The van der Waals surface area contributed by atoms with Crippen LogP contribution in [0.15, 0.2) is 72.9 Å². The normalized spacial score (nSPS) is 22.4. The van der Waals surface area contributed by atoms with Crippen molar-refractivity contribution in [2.75, 3.05) is 13.2 Å². The highest BCUT2D eigenvalue weighted by atomic mass is 31.2. The van der Waals surface area contributed by atoms with Crippen molar-refractivity contribution < 1.29 is 68.2 Å². The zero-order valence-electron chi connectivity index (χ0n) is 40.1. The van der Waals surface area contributed by atoms with E-state index >= 15 is 0 Å². The van der Waals surface area contributed by atoms with Gasteiger partial charge in [0.25, 0.3) is 0 Å². The molecule has 1 fully saturated rings. The van der Waals surface area contributed by atoms with Crippen molar-refractivity contribution in [2.24, 2.45) is 0 Å². The number of aliphatic hydroxyl groups is 6. The van der Waals surface area contributed by atoms with E-state index in [1.54, 1.807) is 6.08 Å². The Kier molecular flexibility index (Phi) is 37.3. The molecule has 0 aliphatic heterocycles. The van der Waals surface area contributed by atoms with Gasteiger partial charge in [0.15, 0.2) is 6.10 Å². The number of phosphoric acid groups is 1. The minimum Gasteiger partial charge on any atom is -0.462 e. The highest BCUT2D eigenvalue weighted by molar-refractivity contribution is 7.47. The van der Waals surface area contributed by atoms with Gasteiger partial charge in [-0.15, -0.1) is 0 Å². The molecule has 3 unspecified atom stereocenters. The first-order chi connectivity index (χ1) is 31.8. The summed E-state index contributed by atoms with van der Waals surface area (Å²) in [5.74, 6) is -1.20. The van der Waals surface area contributed by atoms with Crippen LogP contribution in [0, 0.1) is 0 Å². The number of esters is 2. The van der Waals surface area contributed by atoms with Gasteiger partial charge in [0.2, 0.25) is 0 Å². The van der Waals surface area contributed by atoms with Gasteiger partial charge in [-0.2, -0.15) is 0 Å². The molecule has 380 valence electrons. The summed E-state index contributed by atoms with van der Waals surface area (Å²) in [6, 6.07) is 0. The third kappa shape index (κ3) is 32.1. The molecule has 0 saturated heterocycles. The number of phosphoric ester groups is 1. The number of allylic oxidation sites excluding steroid dienone is 11. The third-order valence-corrected chi connectivity index (χ3v) is 12.1. The Balaban J connectivity index is 2.48. The van der Waals surface area contributed by atoms with Crippen LogP contribution < -0.4 is 0 Å². The van der Waals surface area contributed by atoms with Crippen LogP contribution in [-0.2, 0) is 32.7 Å². The maximum Gasteiger partial charge on any atom is 0.472 e. The molecule has 0 aromatic rings.